The molecule has 8 heteroatoms. The zero-order valence-electron chi connectivity index (χ0n) is 31.5. The van der Waals surface area contributed by atoms with Gasteiger partial charge in [0.05, 0.1) is 73.9 Å². The van der Waals surface area contributed by atoms with E-state index in [0.29, 0.717) is 33.5 Å². The van der Waals surface area contributed by atoms with Crippen molar-refractivity contribution in [1.82, 2.24) is 9.13 Å². The van der Waals surface area contributed by atoms with E-state index in [-0.39, 0.29) is 16.7 Å². The highest BCUT2D eigenvalue weighted by Gasteiger charge is 2.35. The summed E-state index contributed by atoms with van der Waals surface area (Å²) in [4.78, 5) is 0. The quantitative estimate of drug-likeness (QED) is 0.174. The van der Waals surface area contributed by atoms with Gasteiger partial charge < -0.3 is 9.13 Å². The van der Waals surface area contributed by atoms with Crippen LogP contribution < -0.4 is 0 Å². The zero-order chi connectivity index (χ0) is 41.1. The molecule has 8 aromatic carbocycles. The summed E-state index contributed by atoms with van der Waals surface area (Å²) in [7, 11) is 0. The average Bonchev–Trinajstić information content (AvgIpc) is 3.80. The Morgan fingerprint density at radius 3 is 1.30 bits per heavy atom. The molecular formula is C52H28F3N5. The van der Waals surface area contributed by atoms with Gasteiger partial charge in [0.25, 0.3) is 0 Å². The van der Waals surface area contributed by atoms with E-state index in [1.54, 1.807) is 42.5 Å². The summed E-state index contributed by atoms with van der Waals surface area (Å²) in [5.74, 6) is 0. The maximum Gasteiger partial charge on any atom is 0.417 e. The molecule has 0 saturated carbocycles. The average molecular weight is 780 g/mol. The molecule has 10 rings (SSSR count). The Hall–Kier alpha value is -8.38. The summed E-state index contributed by atoms with van der Waals surface area (Å²) < 4.78 is 49.9. The first kappa shape index (κ1) is 36.0. The monoisotopic (exact) mass is 779 g/mol. The van der Waals surface area contributed by atoms with E-state index in [2.05, 4.69) is 18.2 Å². The van der Waals surface area contributed by atoms with Gasteiger partial charge in [0.2, 0.25) is 0 Å². The predicted octanol–water partition coefficient (Wildman–Crippen LogP) is 13.5. The van der Waals surface area contributed by atoms with Gasteiger partial charge in [-0.1, -0.05) is 103 Å². The lowest BCUT2D eigenvalue weighted by molar-refractivity contribution is -0.137. The number of aromatic nitrogens is 2. The van der Waals surface area contributed by atoms with Crippen LogP contribution in [0.15, 0.2) is 170 Å². The molecule has 0 N–H and O–H groups in total. The molecule has 0 unspecified atom stereocenters. The van der Waals surface area contributed by atoms with Gasteiger partial charge in [0.1, 0.15) is 0 Å². The standard InChI is InChI=1S/C52H28F3N5/c53-52(54,55)44-16-4-1-15-43(44)51-49(59-45-17-5-2-13-39(45)41-21-19-37(27-47(41)59)35-11-7-9-32(23-35)29-56)25-34(31-58)26-50(51)60-46-18-6-3-14-40(46)42-22-20-38(28-48(42)60)36-12-8-10-33(24-36)30-57/h1-28H. The van der Waals surface area contributed by atoms with Gasteiger partial charge >= 0.3 is 6.18 Å². The number of fused-ring (bicyclic) bond motifs is 6. The largest absolute Gasteiger partial charge is 0.417 e. The Labute approximate surface area is 341 Å². The molecule has 60 heavy (non-hydrogen) atoms. The molecule has 10 aromatic rings. The molecule has 5 nitrogen and oxygen atoms in total. The number of alkyl halides is 3. The van der Waals surface area contributed by atoms with Crippen LogP contribution in [0, 0.1) is 34.0 Å². The van der Waals surface area contributed by atoms with Crippen LogP contribution >= 0.6 is 0 Å². The first-order chi connectivity index (χ1) is 29.2. The lowest BCUT2D eigenvalue weighted by atomic mass is 9.94. The van der Waals surface area contributed by atoms with Gasteiger partial charge in [-0.25, -0.2) is 0 Å². The fourth-order valence-corrected chi connectivity index (χ4v) is 8.61. The summed E-state index contributed by atoms with van der Waals surface area (Å²) >= 11 is 0. The van der Waals surface area contributed by atoms with Crippen molar-refractivity contribution in [3.63, 3.8) is 0 Å². The highest BCUT2D eigenvalue weighted by Crippen LogP contribution is 2.47. The molecular weight excluding hydrogens is 752 g/mol. The van der Waals surface area contributed by atoms with Crippen molar-refractivity contribution in [2.24, 2.45) is 0 Å². The van der Waals surface area contributed by atoms with Gasteiger partial charge in [-0.3, -0.25) is 0 Å². The third-order valence-electron chi connectivity index (χ3n) is 11.2. The summed E-state index contributed by atoms with van der Waals surface area (Å²) in [5, 5.41) is 33.6. The molecule has 0 amide bonds. The van der Waals surface area contributed by atoms with E-state index in [1.807, 2.05) is 118 Å². The van der Waals surface area contributed by atoms with Gasteiger partial charge in [0, 0.05) is 27.1 Å². The number of rotatable bonds is 5. The fraction of sp³-hybridized carbons (Fsp3) is 0.0192. The highest BCUT2D eigenvalue weighted by molar-refractivity contribution is 6.13. The van der Waals surface area contributed by atoms with E-state index >= 15 is 13.2 Å². The number of hydrogen-bond acceptors (Lipinski definition) is 3. The number of halogens is 3. The van der Waals surface area contributed by atoms with Crippen LogP contribution in [0.3, 0.4) is 0 Å². The molecule has 0 bridgehead atoms. The maximum atomic E-state index is 15.3. The molecule has 0 aliphatic heterocycles. The van der Waals surface area contributed by atoms with Crippen LogP contribution in [0.4, 0.5) is 13.2 Å². The van der Waals surface area contributed by atoms with Gasteiger partial charge in [-0.15, -0.1) is 0 Å². The van der Waals surface area contributed by atoms with Crippen LogP contribution in [0.2, 0.25) is 0 Å². The van der Waals surface area contributed by atoms with Crippen molar-refractivity contribution in [3.8, 4) is 63.0 Å². The number of nitrogens with zero attached hydrogens (tertiary/aromatic N) is 5. The number of nitriles is 3. The fourth-order valence-electron chi connectivity index (χ4n) is 8.61. The first-order valence-corrected chi connectivity index (χ1v) is 19.1. The van der Waals surface area contributed by atoms with Crippen molar-refractivity contribution >= 4 is 43.6 Å². The van der Waals surface area contributed by atoms with E-state index in [0.717, 1.165) is 60.9 Å². The Kier molecular flexibility index (Phi) is 8.35. The van der Waals surface area contributed by atoms with Crippen LogP contribution in [0.5, 0.6) is 0 Å². The Morgan fingerprint density at radius 2 is 0.817 bits per heavy atom. The third-order valence-corrected chi connectivity index (χ3v) is 11.2. The van der Waals surface area contributed by atoms with E-state index < -0.39 is 11.7 Å². The second-order valence-electron chi connectivity index (χ2n) is 14.6. The van der Waals surface area contributed by atoms with Gasteiger partial charge in [0.15, 0.2) is 0 Å². The van der Waals surface area contributed by atoms with Gasteiger partial charge in [-0.2, -0.15) is 29.0 Å². The molecule has 0 fully saturated rings. The molecule has 2 aromatic heterocycles. The van der Waals surface area contributed by atoms with Crippen LogP contribution in [0.25, 0.3) is 88.4 Å². The predicted molar refractivity (Wildman–Crippen MR) is 231 cm³/mol. The Balaban J connectivity index is 1.38. The minimum absolute atomic E-state index is 0.0490. The lowest BCUT2D eigenvalue weighted by Crippen LogP contribution is -2.11. The smallest absolute Gasteiger partial charge is 0.308 e. The van der Waals surface area contributed by atoms with Crippen molar-refractivity contribution in [2.45, 2.75) is 6.18 Å². The lowest BCUT2D eigenvalue weighted by Gasteiger charge is -2.23. The van der Waals surface area contributed by atoms with Gasteiger partial charge in [-0.05, 0) is 94.5 Å². The molecule has 0 saturated heterocycles. The SMILES string of the molecule is N#Cc1cccc(-c2ccc3c4ccccc4n(-c4cc(C#N)cc(-n5c6ccccc6c6ccc(-c7cccc(C#N)c7)cc65)c4-c4ccccc4C(F)(F)F)c3c2)c1. The summed E-state index contributed by atoms with van der Waals surface area (Å²) in [6, 6.07) is 57.7. The van der Waals surface area contributed by atoms with E-state index in [4.69, 9.17) is 0 Å². The molecule has 0 radical (unpaired) electrons. The number of para-hydroxylation sites is 2. The highest BCUT2D eigenvalue weighted by atomic mass is 19.4. The minimum Gasteiger partial charge on any atom is -0.308 e. The topological polar surface area (TPSA) is 81.2 Å². The van der Waals surface area contributed by atoms with Crippen LogP contribution in [0.1, 0.15) is 22.3 Å². The Morgan fingerprint density at radius 1 is 0.383 bits per heavy atom. The number of benzene rings is 8. The van der Waals surface area contributed by atoms with Crippen molar-refractivity contribution in [2.75, 3.05) is 0 Å². The molecule has 2 heterocycles. The molecule has 0 aliphatic carbocycles. The van der Waals surface area contributed by atoms with Crippen LogP contribution in [-0.4, -0.2) is 9.13 Å². The summed E-state index contributed by atoms with van der Waals surface area (Å²) in [6.45, 7) is 0. The second-order valence-corrected chi connectivity index (χ2v) is 14.6. The maximum absolute atomic E-state index is 15.3. The number of hydrogen-bond donors (Lipinski definition) is 0. The first-order valence-electron chi connectivity index (χ1n) is 19.1. The third kappa shape index (κ3) is 5.77. The molecule has 282 valence electrons. The molecule has 0 spiro atoms. The summed E-state index contributed by atoms with van der Waals surface area (Å²) in [5.41, 5.74) is 7.58. The molecule has 0 aliphatic rings. The second kappa shape index (κ2) is 13.9. The summed E-state index contributed by atoms with van der Waals surface area (Å²) in [6.07, 6.45) is -4.72. The van der Waals surface area contributed by atoms with E-state index in [9.17, 15) is 15.8 Å². The molecule has 0 atom stereocenters. The Bertz CT molecular complexity index is 3330. The normalized spacial score (nSPS) is 11.5. The van der Waals surface area contributed by atoms with Crippen molar-refractivity contribution in [3.05, 3.63) is 192 Å². The van der Waals surface area contributed by atoms with Crippen molar-refractivity contribution < 1.29 is 13.2 Å². The van der Waals surface area contributed by atoms with E-state index in [1.165, 1.54) is 12.1 Å². The zero-order valence-corrected chi connectivity index (χ0v) is 31.5. The van der Waals surface area contributed by atoms with Crippen LogP contribution in [-0.2, 0) is 6.18 Å². The minimum atomic E-state index is -4.72. The van der Waals surface area contributed by atoms with Crippen molar-refractivity contribution in [1.29, 1.82) is 15.8 Å².